The van der Waals surface area contributed by atoms with Gasteiger partial charge in [-0.25, -0.2) is 13.2 Å². The zero-order valence-corrected chi connectivity index (χ0v) is 16.4. The van der Waals surface area contributed by atoms with Gasteiger partial charge in [0.15, 0.2) is 0 Å². The molecule has 27 heavy (non-hydrogen) atoms. The second kappa shape index (κ2) is 8.45. The Morgan fingerprint density at radius 1 is 1.00 bits per heavy atom. The maximum atomic E-state index is 12.7. The Morgan fingerprint density at radius 2 is 1.67 bits per heavy atom. The van der Waals surface area contributed by atoms with Crippen LogP contribution in [0.25, 0.3) is 0 Å². The molecular weight excluding hydrogens is 413 g/mol. The van der Waals surface area contributed by atoms with Crippen molar-refractivity contribution in [2.75, 3.05) is 36.9 Å². The fourth-order valence-electron chi connectivity index (χ4n) is 2.51. The quantitative estimate of drug-likeness (QED) is 0.775. The molecule has 1 aliphatic heterocycles. The minimum absolute atomic E-state index is 0.0515. The summed E-state index contributed by atoms with van der Waals surface area (Å²) in [5.74, 6) is 0. The number of sulfonamides is 1. The van der Waals surface area contributed by atoms with Crippen LogP contribution in [0.1, 0.15) is 0 Å². The van der Waals surface area contributed by atoms with Gasteiger partial charge in [0.2, 0.25) is 10.0 Å². The van der Waals surface area contributed by atoms with Gasteiger partial charge in [0.1, 0.15) is 0 Å². The highest BCUT2D eigenvalue weighted by atomic mass is 35.5. The van der Waals surface area contributed by atoms with Gasteiger partial charge < -0.3 is 15.4 Å². The van der Waals surface area contributed by atoms with E-state index in [9.17, 15) is 13.2 Å². The Kier molecular flexibility index (Phi) is 6.23. The number of halogens is 2. The Morgan fingerprint density at radius 3 is 2.33 bits per heavy atom. The van der Waals surface area contributed by atoms with Crippen LogP contribution in [0.3, 0.4) is 0 Å². The number of anilines is 2. The molecule has 144 valence electrons. The number of urea groups is 1. The third-order valence-corrected chi connectivity index (χ3v) is 6.37. The van der Waals surface area contributed by atoms with Crippen molar-refractivity contribution >= 4 is 50.6 Å². The van der Waals surface area contributed by atoms with Crippen molar-refractivity contribution in [3.63, 3.8) is 0 Å². The van der Waals surface area contributed by atoms with Gasteiger partial charge in [0.25, 0.3) is 0 Å². The van der Waals surface area contributed by atoms with E-state index < -0.39 is 16.1 Å². The molecule has 1 saturated heterocycles. The third kappa shape index (κ3) is 4.91. The number of benzene rings is 2. The van der Waals surface area contributed by atoms with Gasteiger partial charge in [-0.05, 0) is 42.5 Å². The molecule has 0 unspecified atom stereocenters. The number of carbonyl (C=O) groups excluding carboxylic acids is 1. The van der Waals surface area contributed by atoms with Crippen LogP contribution in [0, 0.1) is 0 Å². The molecule has 0 radical (unpaired) electrons. The number of ether oxygens (including phenoxy) is 1. The van der Waals surface area contributed by atoms with E-state index in [2.05, 4.69) is 10.6 Å². The summed E-state index contributed by atoms with van der Waals surface area (Å²) in [6.07, 6.45) is 0. The van der Waals surface area contributed by atoms with Crippen molar-refractivity contribution in [3.05, 3.63) is 52.5 Å². The molecule has 3 rings (SSSR count). The van der Waals surface area contributed by atoms with Gasteiger partial charge in [0, 0.05) is 23.8 Å². The number of morpholine rings is 1. The second-order valence-electron chi connectivity index (χ2n) is 5.74. The van der Waals surface area contributed by atoms with Crippen LogP contribution in [0.4, 0.5) is 16.2 Å². The zero-order chi connectivity index (χ0) is 19.4. The van der Waals surface area contributed by atoms with E-state index in [1.54, 1.807) is 24.3 Å². The van der Waals surface area contributed by atoms with Crippen LogP contribution in [0.15, 0.2) is 47.4 Å². The number of amides is 2. The smallest absolute Gasteiger partial charge is 0.323 e. The molecule has 1 heterocycles. The monoisotopic (exact) mass is 429 g/mol. The molecule has 2 aromatic carbocycles. The van der Waals surface area contributed by atoms with Crippen molar-refractivity contribution in [3.8, 4) is 0 Å². The van der Waals surface area contributed by atoms with Crippen molar-refractivity contribution in [1.82, 2.24) is 4.31 Å². The highest BCUT2D eigenvalue weighted by Crippen LogP contribution is 2.27. The van der Waals surface area contributed by atoms with Gasteiger partial charge in [-0.2, -0.15) is 4.31 Å². The SMILES string of the molecule is O=C(Nc1ccc(Cl)cc1)Nc1cc(S(=O)(=O)N2CCOCC2)ccc1Cl. The molecule has 0 aliphatic carbocycles. The maximum absolute atomic E-state index is 12.7. The molecule has 0 atom stereocenters. The number of nitrogens with zero attached hydrogens (tertiary/aromatic N) is 1. The molecular formula is C17H17Cl2N3O4S. The predicted molar refractivity (Wildman–Crippen MR) is 105 cm³/mol. The first-order valence-electron chi connectivity index (χ1n) is 8.07. The Balaban J connectivity index is 1.76. The van der Waals surface area contributed by atoms with E-state index in [4.69, 9.17) is 27.9 Å². The normalized spacial score (nSPS) is 15.3. The first-order chi connectivity index (χ1) is 12.9. The molecule has 2 aromatic rings. The van der Waals surface area contributed by atoms with E-state index >= 15 is 0 Å². The minimum atomic E-state index is -3.69. The van der Waals surface area contributed by atoms with Crippen LogP contribution in [0.5, 0.6) is 0 Å². The maximum Gasteiger partial charge on any atom is 0.323 e. The number of carbonyl (C=O) groups is 1. The molecule has 1 fully saturated rings. The van der Waals surface area contributed by atoms with Gasteiger partial charge >= 0.3 is 6.03 Å². The Labute approximate surface area is 167 Å². The second-order valence-corrected chi connectivity index (χ2v) is 8.53. The van der Waals surface area contributed by atoms with E-state index in [0.29, 0.717) is 23.9 Å². The predicted octanol–water partition coefficient (Wildman–Crippen LogP) is 3.66. The number of rotatable bonds is 4. The molecule has 2 N–H and O–H groups in total. The van der Waals surface area contributed by atoms with E-state index in [0.717, 1.165) is 0 Å². The lowest BCUT2D eigenvalue weighted by Crippen LogP contribution is -2.40. The topological polar surface area (TPSA) is 87.7 Å². The first-order valence-corrected chi connectivity index (χ1v) is 10.3. The summed E-state index contributed by atoms with van der Waals surface area (Å²) in [5, 5.41) is 5.96. The fourth-order valence-corrected chi connectivity index (χ4v) is 4.24. The third-order valence-electron chi connectivity index (χ3n) is 3.90. The summed E-state index contributed by atoms with van der Waals surface area (Å²) in [7, 11) is -3.69. The summed E-state index contributed by atoms with van der Waals surface area (Å²) in [6, 6.07) is 10.2. The van der Waals surface area contributed by atoms with E-state index in [1.165, 1.54) is 22.5 Å². The molecule has 7 nitrogen and oxygen atoms in total. The van der Waals surface area contributed by atoms with Gasteiger partial charge in [-0.3, -0.25) is 0 Å². The van der Waals surface area contributed by atoms with Gasteiger partial charge in [-0.15, -0.1) is 0 Å². The average Bonchev–Trinajstić information content (AvgIpc) is 2.66. The fraction of sp³-hybridized carbons (Fsp3) is 0.235. The lowest BCUT2D eigenvalue weighted by atomic mass is 10.3. The van der Waals surface area contributed by atoms with Crippen molar-refractivity contribution in [2.24, 2.45) is 0 Å². The van der Waals surface area contributed by atoms with Crippen molar-refractivity contribution < 1.29 is 17.9 Å². The molecule has 1 aliphatic rings. The highest BCUT2D eigenvalue weighted by molar-refractivity contribution is 7.89. The summed E-state index contributed by atoms with van der Waals surface area (Å²) < 4.78 is 32.0. The van der Waals surface area contributed by atoms with Crippen molar-refractivity contribution in [1.29, 1.82) is 0 Å². The molecule has 2 amide bonds. The number of hydrogen-bond acceptors (Lipinski definition) is 4. The average molecular weight is 430 g/mol. The highest BCUT2D eigenvalue weighted by Gasteiger charge is 2.27. The Bertz CT molecular complexity index is 930. The molecule has 0 spiro atoms. The van der Waals surface area contributed by atoms with Crippen LogP contribution in [-0.4, -0.2) is 45.1 Å². The summed E-state index contributed by atoms with van der Waals surface area (Å²) >= 11 is 11.9. The zero-order valence-electron chi connectivity index (χ0n) is 14.1. The molecule has 10 heteroatoms. The van der Waals surface area contributed by atoms with Crippen LogP contribution < -0.4 is 10.6 Å². The Hall–Kier alpha value is -1.84. The summed E-state index contributed by atoms with van der Waals surface area (Å²) in [4.78, 5) is 12.2. The standard InChI is InChI=1S/C17H17Cl2N3O4S/c18-12-1-3-13(4-2-12)20-17(23)21-16-11-14(5-6-15(16)19)27(24,25)22-7-9-26-10-8-22/h1-6,11H,7-10H2,(H2,20,21,23). The summed E-state index contributed by atoms with van der Waals surface area (Å²) in [6.45, 7) is 1.26. The first kappa shape index (κ1) is 19.9. The number of nitrogens with one attached hydrogen (secondary N) is 2. The van der Waals surface area contributed by atoms with Crippen LogP contribution in [0.2, 0.25) is 10.0 Å². The lowest BCUT2D eigenvalue weighted by Gasteiger charge is -2.26. The number of hydrogen-bond donors (Lipinski definition) is 2. The largest absolute Gasteiger partial charge is 0.379 e. The lowest BCUT2D eigenvalue weighted by molar-refractivity contribution is 0.0730. The van der Waals surface area contributed by atoms with E-state index in [1.807, 2.05) is 0 Å². The molecule has 0 saturated carbocycles. The van der Waals surface area contributed by atoms with Crippen LogP contribution in [-0.2, 0) is 14.8 Å². The van der Waals surface area contributed by atoms with Crippen LogP contribution >= 0.6 is 23.2 Å². The minimum Gasteiger partial charge on any atom is -0.379 e. The molecule has 0 aromatic heterocycles. The molecule has 0 bridgehead atoms. The van der Waals surface area contributed by atoms with Crippen molar-refractivity contribution in [2.45, 2.75) is 4.90 Å². The summed E-state index contributed by atoms with van der Waals surface area (Å²) in [5.41, 5.74) is 0.725. The van der Waals surface area contributed by atoms with Gasteiger partial charge in [-0.1, -0.05) is 23.2 Å². The van der Waals surface area contributed by atoms with Gasteiger partial charge in [0.05, 0.1) is 28.8 Å². The van der Waals surface area contributed by atoms with E-state index in [-0.39, 0.29) is 28.7 Å².